The highest BCUT2D eigenvalue weighted by atomic mass is 16.5. The van der Waals surface area contributed by atoms with E-state index in [0.29, 0.717) is 6.42 Å². The van der Waals surface area contributed by atoms with Gasteiger partial charge < -0.3 is 5.11 Å². The lowest BCUT2D eigenvalue weighted by molar-refractivity contribution is -0.820. The summed E-state index contributed by atoms with van der Waals surface area (Å²) in [5.41, 5.74) is -0.274. The van der Waals surface area contributed by atoms with E-state index in [1.807, 2.05) is 13.8 Å². The zero-order valence-electron chi connectivity index (χ0n) is 5.76. The highest BCUT2D eigenvalue weighted by Crippen LogP contribution is 2.21. The van der Waals surface area contributed by atoms with Crippen molar-refractivity contribution in [2.45, 2.75) is 32.2 Å². The molecule has 3 heteroatoms. The molecule has 52 valence electrons. The van der Waals surface area contributed by atoms with Crippen molar-refractivity contribution in [1.82, 2.24) is 0 Å². The Labute approximate surface area is 54.2 Å². The number of hydrogen-bond acceptors (Lipinski definition) is 1. The maximum atomic E-state index is 9.07. The second-order valence-corrected chi connectivity index (χ2v) is 3.04. The molecule has 1 heterocycles. The van der Waals surface area contributed by atoms with Gasteiger partial charge in [0.1, 0.15) is 0 Å². The molecule has 0 aromatic rings. The van der Waals surface area contributed by atoms with Crippen LogP contribution in [0.25, 0.3) is 0 Å². The molecule has 1 aliphatic heterocycles. The fourth-order valence-corrected chi connectivity index (χ4v) is 0.979. The van der Waals surface area contributed by atoms with Crippen LogP contribution in [0.3, 0.4) is 0 Å². The summed E-state index contributed by atoms with van der Waals surface area (Å²) in [5, 5.41) is 18.0. The molecule has 0 fully saturated rings. The maximum Gasteiger partial charge on any atom is 0.383 e. The second-order valence-electron chi connectivity index (χ2n) is 3.04. The lowest BCUT2D eigenvalue weighted by Gasteiger charge is -2.06. The van der Waals surface area contributed by atoms with Gasteiger partial charge in [0.2, 0.25) is 5.54 Å². The predicted molar refractivity (Wildman–Crippen MR) is 33.0 cm³/mol. The molecule has 9 heavy (non-hydrogen) atoms. The fourth-order valence-electron chi connectivity index (χ4n) is 0.979. The zero-order valence-corrected chi connectivity index (χ0v) is 5.76. The lowest BCUT2D eigenvalue weighted by Crippen LogP contribution is -2.30. The van der Waals surface area contributed by atoms with Crippen LogP contribution in [0.2, 0.25) is 0 Å². The first-order chi connectivity index (χ1) is 4.04. The van der Waals surface area contributed by atoms with Crippen LogP contribution in [0.5, 0.6) is 0 Å². The molecule has 1 aliphatic rings. The zero-order chi connectivity index (χ0) is 7.07. The molecule has 2 N–H and O–H groups in total. The molecular formula is C6H12NO2+. The molecule has 0 saturated heterocycles. The summed E-state index contributed by atoms with van der Waals surface area (Å²) in [6.07, 6.45) is 1.40. The average Bonchev–Trinajstić information content (AvgIpc) is 1.97. The Hall–Kier alpha value is -0.730. The quantitative estimate of drug-likeness (QED) is 0.378. The van der Waals surface area contributed by atoms with E-state index in [-0.39, 0.29) is 11.4 Å². The van der Waals surface area contributed by atoms with Crippen molar-refractivity contribution in [1.29, 1.82) is 0 Å². The van der Waals surface area contributed by atoms with Crippen molar-refractivity contribution in [3.8, 4) is 0 Å². The Morgan fingerprint density at radius 3 is 2.22 bits per heavy atom. The van der Waals surface area contributed by atoms with Crippen LogP contribution in [0.4, 0.5) is 0 Å². The van der Waals surface area contributed by atoms with Gasteiger partial charge in [-0.3, -0.25) is 5.21 Å². The van der Waals surface area contributed by atoms with E-state index in [1.54, 1.807) is 0 Å². The molecule has 0 radical (unpaired) electrons. The van der Waals surface area contributed by atoms with Crippen LogP contribution in [-0.4, -0.2) is 26.5 Å². The molecule has 0 bridgehead atoms. The molecule has 0 atom stereocenters. The van der Waals surface area contributed by atoms with E-state index in [0.717, 1.165) is 11.2 Å². The molecule has 0 amide bonds. The highest BCUT2D eigenvalue weighted by molar-refractivity contribution is 5.69. The molecule has 0 aromatic carbocycles. The fraction of sp³-hybridized carbons (Fsp3) is 0.833. The minimum absolute atomic E-state index is 0.0833. The van der Waals surface area contributed by atoms with E-state index in [2.05, 4.69) is 0 Å². The number of aliphatic hydroxyl groups excluding tert-OH is 1. The Kier molecular flexibility index (Phi) is 1.15. The van der Waals surface area contributed by atoms with Gasteiger partial charge in [0.25, 0.3) is 0 Å². The number of aliphatic hydroxyl groups is 1. The largest absolute Gasteiger partial charge is 0.460 e. The molecular weight excluding hydrogens is 118 g/mol. The van der Waals surface area contributed by atoms with E-state index in [1.165, 1.54) is 0 Å². The van der Waals surface area contributed by atoms with Crippen molar-refractivity contribution >= 4 is 5.90 Å². The number of nitrogens with zero attached hydrogens (tertiary/aromatic N) is 1. The Bertz CT molecular complexity index is 160. The average molecular weight is 130 g/mol. The normalized spacial score (nSPS) is 25.1. The van der Waals surface area contributed by atoms with Crippen LogP contribution >= 0.6 is 0 Å². The van der Waals surface area contributed by atoms with Crippen LogP contribution in [0, 0.1) is 0 Å². The SMILES string of the molecule is CC1(C)CCC(O)=[N+]1O. The smallest absolute Gasteiger partial charge is 0.383 e. The van der Waals surface area contributed by atoms with Crippen molar-refractivity contribution in [2.24, 2.45) is 0 Å². The first-order valence-corrected chi connectivity index (χ1v) is 3.08. The molecule has 1 rings (SSSR count). The minimum atomic E-state index is -0.274. The summed E-state index contributed by atoms with van der Waals surface area (Å²) in [6.45, 7) is 3.77. The molecule has 0 spiro atoms. The first kappa shape index (κ1) is 6.39. The number of hydroxylamine groups is 1. The van der Waals surface area contributed by atoms with Gasteiger partial charge in [0.05, 0.1) is 6.42 Å². The van der Waals surface area contributed by atoms with Gasteiger partial charge in [-0.05, 0) is 0 Å². The molecule has 0 aliphatic carbocycles. The summed E-state index contributed by atoms with van der Waals surface area (Å²) < 4.78 is 0.938. The summed E-state index contributed by atoms with van der Waals surface area (Å²) >= 11 is 0. The van der Waals surface area contributed by atoms with Crippen LogP contribution in [0.1, 0.15) is 26.7 Å². The Morgan fingerprint density at radius 2 is 2.11 bits per heavy atom. The predicted octanol–water partition coefficient (Wildman–Crippen LogP) is 0.917. The Morgan fingerprint density at radius 1 is 1.56 bits per heavy atom. The van der Waals surface area contributed by atoms with Gasteiger partial charge in [0, 0.05) is 25.0 Å². The maximum absolute atomic E-state index is 9.07. The van der Waals surface area contributed by atoms with E-state index < -0.39 is 0 Å². The van der Waals surface area contributed by atoms with Crippen molar-refractivity contribution in [3.63, 3.8) is 0 Å². The number of rotatable bonds is 0. The summed E-state index contributed by atoms with van der Waals surface area (Å²) in [7, 11) is 0. The highest BCUT2D eigenvalue weighted by Gasteiger charge is 2.41. The van der Waals surface area contributed by atoms with Gasteiger partial charge in [-0.2, -0.15) is 0 Å². The summed E-state index contributed by atoms with van der Waals surface area (Å²) in [4.78, 5) is 0. The van der Waals surface area contributed by atoms with Gasteiger partial charge >= 0.3 is 5.90 Å². The third kappa shape index (κ3) is 0.866. The third-order valence-corrected chi connectivity index (χ3v) is 1.78. The van der Waals surface area contributed by atoms with Crippen LogP contribution < -0.4 is 0 Å². The van der Waals surface area contributed by atoms with Crippen molar-refractivity contribution in [3.05, 3.63) is 0 Å². The van der Waals surface area contributed by atoms with Crippen LogP contribution in [0.15, 0.2) is 0 Å². The number of hydrogen-bond donors (Lipinski definition) is 2. The van der Waals surface area contributed by atoms with Gasteiger partial charge in [-0.1, -0.05) is 0 Å². The van der Waals surface area contributed by atoms with E-state index in [9.17, 15) is 0 Å². The standard InChI is InChI=1S/C6H11NO2/c1-6(2)4-3-5(8)7(6)9/h9H,3-4H2,1-2H3/p+1. The monoisotopic (exact) mass is 130 g/mol. The molecule has 0 unspecified atom stereocenters. The topological polar surface area (TPSA) is 43.5 Å². The molecule has 3 nitrogen and oxygen atoms in total. The van der Waals surface area contributed by atoms with Crippen molar-refractivity contribution < 1.29 is 15.1 Å². The van der Waals surface area contributed by atoms with Gasteiger partial charge in [-0.15, -0.1) is 0 Å². The minimum Gasteiger partial charge on any atom is -0.460 e. The Balaban J connectivity index is 2.88. The first-order valence-electron chi connectivity index (χ1n) is 3.08. The van der Waals surface area contributed by atoms with E-state index in [4.69, 9.17) is 10.3 Å². The molecule has 0 aromatic heterocycles. The molecule has 0 saturated carbocycles. The van der Waals surface area contributed by atoms with Gasteiger partial charge in [0.15, 0.2) is 0 Å². The second kappa shape index (κ2) is 1.62. The van der Waals surface area contributed by atoms with Crippen LogP contribution in [-0.2, 0) is 0 Å². The summed E-state index contributed by atoms with van der Waals surface area (Å²) in [6, 6.07) is 0. The van der Waals surface area contributed by atoms with Crippen molar-refractivity contribution in [2.75, 3.05) is 0 Å². The summed E-state index contributed by atoms with van der Waals surface area (Å²) in [5.74, 6) is 0.0833. The van der Waals surface area contributed by atoms with Gasteiger partial charge in [-0.25, -0.2) is 0 Å². The van der Waals surface area contributed by atoms with E-state index >= 15 is 0 Å². The third-order valence-electron chi connectivity index (χ3n) is 1.78. The lowest BCUT2D eigenvalue weighted by atomic mass is 10.0.